The van der Waals surface area contributed by atoms with Crippen LogP contribution in [0.25, 0.3) is 10.2 Å². The zero-order chi connectivity index (χ0) is 16.4. The van der Waals surface area contributed by atoms with Gasteiger partial charge in [-0.25, -0.2) is 13.8 Å². The van der Waals surface area contributed by atoms with Gasteiger partial charge in [-0.3, -0.25) is 4.79 Å². The molecule has 0 spiro atoms. The molecule has 0 radical (unpaired) electrons. The summed E-state index contributed by atoms with van der Waals surface area (Å²) in [5.41, 5.74) is 1.13. The van der Waals surface area contributed by atoms with Gasteiger partial charge in [0.05, 0.1) is 23.7 Å². The van der Waals surface area contributed by atoms with Crippen LogP contribution in [0.1, 0.15) is 5.56 Å². The number of carbonyl (C=O) groups excluding carboxylic acids is 1. The molecule has 0 fully saturated rings. The van der Waals surface area contributed by atoms with E-state index in [1.807, 2.05) is 0 Å². The highest BCUT2D eigenvalue weighted by atomic mass is 32.1. The van der Waals surface area contributed by atoms with Crippen LogP contribution in [-0.2, 0) is 16.0 Å². The molecule has 0 N–H and O–H groups in total. The molecule has 0 saturated heterocycles. The number of halogens is 2. The number of fused-ring (bicyclic) bond motifs is 1. The van der Waals surface area contributed by atoms with Crippen LogP contribution >= 0.6 is 11.3 Å². The summed E-state index contributed by atoms with van der Waals surface area (Å²) in [6.07, 6.45) is 0.177. The molecule has 2 aromatic carbocycles. The lowest BCUT2D eigenvalue weighted by atomic mass is 10.1. The smallest absolute Gasteiger partial charge is 0.309 e. The third-order valence-corrected chi connectivity index (χ3v) is 4.01. The van der Waals surface area contributed by atoms with Crippen LogP contribution in [0, 0.1) is 11.6 Å². The van der Waals surface area contributed by atoms with Crippen molar-refractivity contribution in [2.75, 3.05) is 7.11 Å². The van der Waals surface area contributed by atoms with Crippen molar-refractivity contribution in [1.29, 1.82) is 0 Å². The van der Waals surface area contributed by atoms with Crippen molar-refractivity contribution in [2.24, 2.45) is 0 Å². The fourth-order valence-electron chi connectivity index (χ4n) is 1.96. The van der Waals surface area contributed by atoms with Gasteiger partial charge in [-0.15, -0.1) is 0 Å². The molecule has 0 unspecified atom stereocenters. The molecule has 1 aromatic heterocycles. The fraction of sp³-hybridized carbons (Fsp3) is 0.125. The molecule has 0 aliphatic carbocycles. The van der Waals surface area contributed by atoms with Crippen LogP contribution in [0.2, 0.25) is 0 Å². The molecule has 3 rings (SSSR count). The highest BCUT2D eigenvalue weighted by Crippen LogP contribution is 2.32. The van der Waals surface area contributed by atoms with Crippen molar-refractivity contribution < 1.29 is 23.0 Å². The minimum Gasteiger partial charge on any atom is -0.469 e. The van der Waals surface area contributed by atoms with Crippen LogP contribution in [0.3, 0.4) is 0 Å². The van der Waals surface area contributed by atoms with E-state index in [0.29, 0.717) is 16.0 Å². The Morgan fingerprint density at radius 2 is 1.87 bits per heavy atom. The zero-order valence-electron chi connectivity index (χ0n) is 12.0. The number of thiazole rings is 1. The van der Waals surface area contributed by atoms with Crippen LogP contribution in [0.4, 0.5) is 8.78 Å². The Morgan fingerprint density at radius 1 is 1.17 bits per heavy atom. The molecule has 23 heavy (non-hydrogen) atoms. The number of hydrogen-bond donors (Lipinski definition) is 0. The number of methoxy groups -OCH3 is 1. The second-order valence-corrected chi connectivity index (χ2v) is 5.71. The molecule has 1 heterocycles. The Morgan fingerprint density at radius 3 is 2.57 bits per heavy atom. The first kappa shape index (κ1) is 15.4. The van der Waals surface area contributed by atoms with Crippen molar-refractivity contribution >= 4 is 27.5 Å². The monoisotopic (exact) mass is 335 g/mol. The van der Waals surface area contributed by atoms with E-state index in [2.05, 4.69) is 9.72 Å². The summed E-state index contributed by atoms with van der Waals surface area (Å²) in [6.45, 7) is 0. The van der Waals surface area contributed by atoms with E-state index in [4.69, 9.17) is 4.74 Å². The first-order valence-corrected chi connectivity index (χ1v) is 7.46. The van der Waals surface area contributed by atoms with Crippen molar-refractivity contribution in [1.82, 2.24) is 4.98 Å². The van der Waals surface area contributed by atoms with Crippen molar-refractivity contribution in [3.05, 3.63) is 53.6 Å². The summed E-state index contributed by atoms with van der Waals surface area (Å²) < 4.78 is 37.0. The van der Waals surface area contributed by atoms with Crippen LogP contribution in [0.5, 0.6) is 10.9 Å². The van der Waals surface area contributed by atoms with Gasteiger partial charge in [-0.1, -0.05) is 23.5 Å². The summed E-state index contributed by atoms with van der Waals surface area (Å²) in [7, 11) is 1.33. The van der Waals surface area contributed by atoms with E-state index in [1.165, 1.54) is 7.11 Å². The van der Waals surface area contributed by atoms with Gasteiger partial charge in [-0.2, -0.15) is 0 Å². The summed E-state index contributed by atoms with van der Waals surface area (Å²) in [6, 6.07) is 8.97. The first-order chi connectivity index (χ1) is 11.0. The van der Waals surface area contributed by atoms with Crippen LogP contribution in [-0.4, -0.2) is 18.1 Å². The minimum atomic E-state index is -0.943. The van der Waals surface area contributed by atoms with Crippen molar-refractivity contribution in [2.45, 2.75) is 6.42 Å². The average molecular weight is 335 g/mol. The quantitative estimate of drug-likeness (QED) is 0.674. The lowest BCUT2D eigenvalue weighted by Crippen LogP contribution is -2.04. The molecular weight excluding hydrogens is 324 g/mol. The van der Waals surface area contributed by atoms with Gasteiger partial charge in [0.25, 0.3) is 5.19 Å². The van der Waals surface area contributed by atoms with Gasteiger partial charge in [-0.05, 0) is 23.8 Å². The molecule has 0 aliphatic heterocycles. The normalized spacial score (nSPS) is 10.7. The fourth-order valence-corrected chi connectivity index (χ4v) is 2.80. The Labute approximate surface area is 134 Å². The number of nitrogens with zero attached hydrogens (tertiary/aromatic N) is 1. The van der Waals surface area contributed by atoms with Gasteiger partial charge >= 0.3 is 5.97 Å². The number of ether oxygens (including phenoxy) is 2. The molecule has 0 aliphatic rings. The summed E-state index contributed by atoms with van der Waals surface area (Å²) >= 11 is 1.12. The molecular formula is C16H11F2NO3S. The number of benzene rings is 2. The predicted octanol–water partition coefficient (Wildman–Crippen LogP) is 4.08. The maximum absolute atomic E-state index is 13.2. The van der Waals surface area contributed by atoms with E-state index in [0.717, 1.165) is 29.0 Å². The van der Waals surface area contributed by atoms with Gasteiger partial charge < -0.3 is 9.47 Å². The molecule has 0 atom stereocenters. The zero-order valence-corrected chi connectivity index (χ0v) is 12.8. The van der Waals surface area contributed by atoms with Gasteiger partial charge in [0, 0.05) is 6.07 Å². The minimum absolute atomic E-state index is 0.177. The molecule has 4 nitrogen and oxygen atoms in total. The molecule has 3 aromatic rings. The largest absolute Gasteiger partial charge is 0.469 e. The highest BCUT2D eigenvalue weighted by Gasteiger charge is 2.11. The summed E-state index contributed by atoms with van der Waals surface area (Å²) in [5.74, 6) is -1.67. The molecule has 118 valence electrons. The SMILES string of the molecule is COC(=O)Cc1ccc(Oc2nc3cc(F)c(F)cc3s2)cc1. The molecule has 7 heteroatoms. The third-order valence-electron chi connectivity index (χ3n) is 3.12. The van der Waals surface area contributed by atoms with Gasteiger partial charge in [0.1, 0.15) is 5.75 Å². The van der Waals surface area contributed by atoms with E-state index in [-0.39, 0.29) is 17.6 Å². The Bertz CT molecular complexity index is 823. The first-order valence-electron chi connectivity index (χ1n) is 6.64. The highest BCUT2D eigenvalue weighted by molar-refractivity contribution is 7.20. The molecule has 0 bridgehead atoms. The van der Waals surface area contributed by atoms with E-state index in [1.54, 1.807) is 24.3 Å². The number of esters is 1. The topological polar surface area (TPSA) is 48.4 Å². The maximum Gasteiger partial charge on any atom is 0.309 e. The predicted molar refractivity (Wildman–Crippen MR) is 81.8 cm³/mol. The third kappa shape index (κ3) is 3.45. The summed E-state index contributed by atoms with van der Waals surface area (Å²) in [5, 5.41) is 0.283. The summed E-state index contributed by atoms with van der Waals surface area (Å²) in [4.78, 5) is 15.3. The average Bonchev–Trinajstić information content (AvgIpc) is 2.90. The second kappa shape index (κ2) is 6.29. The maximum atomic E-state index is 13.2. The van der Waals surface area contributed by atoms with Crippen LogP contribution < -0.4 is 4.74 Å². The Hall–Kier alpha value is -2.54. The molecule has 0 amide bonds. The van der Waals surface area contributed by atoms with Crippen molar-refractivity contribution in [3.63, 3.8) is 0 Å². The Kier molecular flexibility index (Phi) is 4.20. The van der Waals surface area contributed by atoms with Crippen LogP contribution in [0.15, 0.2) is 36.4 Å². The van der Waals surface area contributed by atoms with Crippen molar-refractivity contribution in [3.8, 4) is 10.9 Å². The molecule has 0 saturated carbocycles. The standard InChI is InChI=1S/C16H11F2NO3S/c1-21-15(20)6-9-2-4-10(5-3-9)22-16-19-13-7-11(17)12(18)8-14(13)23-16/h2-5,7-8H,6H2,1H3. The Balaban J connectivity index is 1.77. The second-order valence-electron chi connectivity index (χ2n) is 4.71. The van der Waals surface area contributed by atoms with E-state index < -0.39 is 11.6 Å². The lowest BCUT2D eigenvalue weighted by molar-refractivity contribution is -0.139. The van der Waals surface area contributed by atoms with E-state index >= 15 is 0 Å². The lowest BCUT2D eigenvalue weighted by Gasteiger charge is -2.03. The van der Waals surface area contributed by atoms with Gasteiger partial charge in [0.2, 0.25) is 0 Å². The van der Waals surface area contributed by atoms with Gasteiger partial charge in [0.15, 0.2) is 11.6 Å². The number of rotatable bonds is 4. The number of aromatic nitrogens is 1. The number of carbonyl (C=O) groups is 1. The van der Waals surface area contributed by atoms with E-state index in [9.17, 15) is 13.6 Å². The number of hydrogen-bond acceptors (Lipinski definition) is 5.